The van der Waals surface area contributed by atoms with Crippen LogP contribution < -0.4 is 0 Å². The fraction of sp³-hybridized carbons (Fsp3) is 0.273. The number of thiazole rings is 1. The third-order valence-corrected chi connectivity index (χ3v) is 6.06. The first-order valence-corrected chi connectivity index (χ1v) is 10.5. The van der Waals surface area contributed by atoms with Crippen LogP contribution in [0, 0.1) is 0 Å². The molecule has 0 spiro atoms. The van der Waals surface area contributed by atoms with Crippen LogP contribution in [0.2, 0.25) is 5.02 Å². The van der Waals surface area contributed by atoms with Crippen LogP contribution in [-0.2, 0) is 0 Å². The van der Waals surface area contributed by atoms with Gasteiger partial charge in [0.25, 0.3) is 0 Å². The zero-order valence-corrected chi connectivity index (χ0v) is 16.5. The van der Waals surface area contributed by atoms with E-state index in [4.69, 9.17) is 11.6 Å². The summed E-state index contributed by atoms with van der Waals surface area (Å²) in [4.78, 5) is 8.98. The summed E-state index contributed by atoms with van der Waals surface area (Å²) < 4.78 is 0. The normalized spacial score (nSPS) is 15.4. The van der Waals surface area contributed by atoms with Crippen molar-refractivity contribution < 1.29 is 5.11 Å². The minimum atomic E-state index is 0.151. The number of nitrogens with zero attached hydrogens (tertiary/aromatic N) is 2. The van der Waals surface area contributed by atoms with Gasteiger partial charge >= 0.3 is 0 Å². The zero-order chi connectivity index (χ0) is 18.6. The molecule has 138 valence electrons. The van der Waals surface area contributed by atoms with Gasteiger partial charge in [0.05, 0.1) is 5.69 Å². The van der Waals surface area contributed by atoms with E-state index in [1.165, 1.54) is 49.0 Å². The van der Waals surface area contributed by atoms with E-state index in [1.807, 2.05) is 5.38 Å². The molecular formula is C22H21ClN2OS. The van der Waals surface area contributed by atoms with Gasteiger partial charge in [0.1, 0.15) is 5.75 Å². The fourth-order valence-corrected chi connectivity index (χ4v) is 4.42. The van der Waals surface area contributed by atoms with E-state index in [1.54, 1.807) is 24.4 Å². The quantitative estimate of drug-likeness (QED) is 0.484. The molecule has 0 atom stereocenters. The maximum absolute atomic E-state index is 9.86. The predicted octanol–water partition coefficient (Wildman–Crippen LogP) is 6.97. The lowest BCUT2D eigenvalue weighted by atomic mass is 9.84. The molecule has 1 aromatic heterocycles. The molecule has 3 aromatic rings. The number of phenolic OH excluding ortho intramolecular Hbond substituents is 1. The van der Waals surface area contributed by atoms with Crippen molar-refractivity contribution in [1.82, 2.24) is 4.98 Å². The zero-order valence-electron chi connectivity index (χ0n) is 14.9. The number of rotatable bonds is 4. The van der Waals surface area contributed by atoms with Crippen molar-refractivity contribution in [2.75, 3.05) is 0 Å². The molecule has 0 amide bonds. The summed E-state index contributed by atoms with van der Waals surface area (Å²) in [5.41, 5.74) is 4.06. The Hall–Kier alpha value is -2.17. The molecule has 2 aromatic carbocycles. The number of phenols is 1. The summed E-state index contributed by atoms with van der Waals surface area (Å²) in [6, 6.07) is 13.7. The standard InChI is InChI=1S/C22H21ClN2OS/c23-19-10-11-21(26)18(12-19)13-24-22-25-20(14-27-22)17-8-6-16(7-9-17)15-4-2-1-3-5-15/h6-15,26H,1-5H2. The molecular weight excluding hydrogens is 376 g/mol. The highest BCUT2D eigenvalue weighted by Crippen LogP contribution is 2.34. The van der Waals surface area contributed by atoms with Crippen molar-refractivity contribution in [3.05, 3.63) is 64.0 Å². The first kappa shape index (κ1) is 18.2. The summed E-state index contributed by atoms with van der Waals surface area (Å²) in [6.07, 6.45) is 8.29. The Balaban J connectivity index is 1.49. The summed E-state index contributed by atoms with van der Waals surface area (Å²) >= 11 is 7.45. The number of halogens is 1. The second-order valence-corrected chi connectivity index (χ2v) is 8.21. The molecule has 3 nitrogen and oxygen atoms in total. The smallest absolute Gasteiger partial charge is 0.209 e. The van der Waals surface area contributed by atoms with Crippen LogP contribution in [0.4, 0.5) is 5.13 Å². The molecule has 1 aliphatic rings. The van der Waals surface area contributed by atoms with E-state index in [0.29, 0.717) is 21.6 Å². The van der Waals surface area contributed by atoms with Crippen LogP contribution >= 0.6 is 22.9 Å². The Morgan fingerprint density at radius 1 is 1.07 bits per heavy atom. The predicted molar refractivity (Wildman–Crippen MR) is 114 cm³/mol. The highest BCUT2D eigenvalue weighted by Gasteiger charge is 2.15. The number of aromatic hydroxyl groups is 1. The molecule has 0 saturated heterocycles. The van der Waals surface area contributed by atoms with Crippen LogP contribution in [0.5, 0.6) is 5.75 Å². The van der Waals surface area contributed by atoms with E-state index in [9.17, 15) is 5.11 Å². The molecule has 0 aliphatic heterocycles. The fourth-order valence-electron chi connectivity index (χ4n) is 3.57. The maximum atomic E-state index is 9.86. The van der Waals surface area contributed by atoms with Crippen LogP contribution in [0.1, 0.15) is 49.1 Å². The van der Waals surface area contributed by atoms with Gasteiger partial charge in [-0.25, -0.2) is 9.98 Å². The van der Waals surface area contributed by atoms with E-state index in [-0.39, 0.29) is 5.75 Å². The molecule has 1 heterocycles. The van der Waals surface area contributed by atoms with E-state index in [2.05, 4.69) is 34.2 Å². The molecule has 0 bridgehead atoms. The van der Waals surface area contributed by atoms with Gasteiger partial charge in [-0.05, 0) is 42.5 Å². The molecule has 4 rings (SSSR count). The van der Waals surface area contributed by atoms with E-state index in [0.717, 1.165) is 11.3 Å². The van der Waals surface area contributed by atoms with Crippen molar-refractivity contribution in [2.45, 2.75) is 38.0 Å². The maximum Gasteiger partial charge on any atom is 0.209 e. The topological polar surface area (TPSA) is 45.5 Å². The molecule has 0 radical (unpaired) electrons. The van der Waals surface area contributed by atoms with Crippen LogP contribution in [0.25, 0.3) is 11.3 Å². The number of hydrogen-bond donors (Lipinski definition) is 1. The second-order valence-electron chi connectivity index (χ2n) is 6.93. The Kier molecular flexibility index (Phi) is 5.55. The third-order valence-electron chi connectivity index (χ3n) is 5.08. The van der Waals surface area contributed by atoms with Crippen LogP contribution in [0.3, 0.4) is 0 Å². The molecule has 1 N–H and O–H groups in total. The number of aliphatic imine (C=N–C) groups is 1. The lowest BCUT2D eigenvalue weighted by Gasteiger charge is -2.22. The minimum absolute atomic E-state index is 0.151. The molecule has 1 fully saturated rings. The van der Waals surface area contributed by atoms with Crippen molar-refractivity contribution in [3.8, 4) is 17.0 Å². The number of hydrogen-bond acceptors (Lipinski definition) is 4. The SMILES string of the molecule is Oc1ccc(Cl)cc1C=Nc1nc(-c2ccc(C3CCCCC3)cc2)cs1. The average Bonchev–Trinajstić information content (AvgIpc) is 3.18. The molecule has 0 unspecified atom stereocenters. The number of aromatic nitrogens is 1. The summed E-state index contributed by atoms with van der Waals surface area (Å²) in [6.45, 7) is 0. The van der Waals surface area contributed by atoms with Crippen LogP contribution in [0.15, 0.2) is 52.8 Å². The monoisotopic (exact) mass is 396 g/mol. The van der Waals surface area contributed by atoms with Crippen molar-refractivity contribution in [3.63, 3.8) is 0 Å². The average molecular weight is 397 g/mol. The highest BCUT2D eigenvalue weighted by molar-refractivity contribution is 7.13. The lowest BCUT2D eigenvalue weighted by molar-refractivity contribution is 0.443. The first-order valence-electron chi connectivity index (χ1n) is 9.27. The Bertz CT molecular complexity index is 943. The molecule has 1 saturated carbocycles. The Morgan fingerprint density at radius 3 is 2.63 bits per heavy atom. The third kappa shape index (κ3) is 4.40. The first-order chi connectivity index (χ1) is 13.2. The van der Waals surface area contributed by atoms with Gasteiger partial charge in [-0.1, -0.05) is 55.1 Å². The van der Waals surface area contributed by atoms with Crippen LogP contribution in [-0.4, -0.2) is 16.3 Å². The van der Waals surface area contributed by atoms with Gasteiger partial charge < -0.3 is 5.11 Å². The Morgan fingerprint density at radius 2 is 1.85 bits per heavy atom. The van der Waals surface area contributed by atoms with E-state index >= 15 is 0 Å². The second kappa shape index (κ2) is 8.24. The van der Waals surface area contributed by atoms with Crippen molar-refractivity contribution in [1.29, 1.82) is 0 Å². The number of benzene rings is 2. The van der Waals surface area contributed by atoms with Gasteiger partial charge in [-0.15, -0.1) is 11.3 Å². The minimum Gasteiger partial charge on any atom is -0.507 e. The van der Waals surface area contributed by atoms with Crippen molar-refractivity contribution >= 4 is 34.3 Å². The lowest BCUT2D eigenvalue weighted by Crippen LogP contribution is -2.04. The van der Waals surface area contributed by atoms with Crippen molar-refractivity contribution in [2.24, 2.45) is 4.99 Å². The van der Waals surface area contributed by atoms with Gasteiger partial charge in [0, 0.05) is 27.7 Å². The van der Waals surface area contributed by atoms with Gasteiger partial charge in [-0.2, -0.15) is 0 Å². The Labute approximate surface area is 168 Å². The molecule has 27 heavy (non-hydrogen) atoms. The largest absolute Gasteiger partial charge is 0.507 e. The highest BCUT2D eigenvalue weighted by atomic mass is 35.5. The van der Waals surface area contributed by atoms with Gasteiger partial charge in [0.15, 0.2) is 0 Å². The van der Waals surface area contributed by atoms with Gasteiger partial charge in [-0.3, -0.25) is 0 Å². The van der Waals surface area contributed by atoms with Gasteiger partial charge in [0.2, 0.25) is 5.13 Å². The summed E-state index contributed by atoms with van der Waals surface area (Å²) in [5, 5.41) is 13.1. The summed E-state index contributed by atoms with van der Waals surface area (Å²) in [7, 11) is 0. The van der Waals surface area contributed by atoms with E-state index < -0.39 is 0 Å². The molecule has 1 aliphatic carbocycles. The molecule has 5 heteroatoms. The summed E-state index contributed by atoms with van der Waals surface area (Å²) in [5.74, 6) is 0.868.